The molecule has 1 aromatic rings. The van der Waals surface area contributed by atoms with Gasteiger partial charge in [-0.3, -0.25) is 0 Å². The summed E-state index contributed by atoms with van der Waals surface area (Å²) in [5.41, 5.74) is -1.26. The molecule has 0 radical (unpaired) electrons. The molecule has 0 unspecified atom stereocenters. The average molecular weight is 282 g/mol. The van der Waals surface area contributed by atoms with Crippen molar-refractivity contribution in [3.63, 3.8) is 0 Å². The Morgan fingerprint density at radius 1 is 1.60 bits per heavy atom. The second-order valence-electron chi connectivity index (χ2n) is 2.63. The maximum Gasteiger partial charge on any atom is 0.358 e. The van der Waals surface area contributed by atoms with Gasteiger partial charge in [-0.1, -0.05) is 15.9 Å². The fourth-order valence-corrected chi connectivity index (χ4v) is 1.63. The summed E-state index contributed by atoms with van der Waals surface area (Å²) in [5.74, 6) is -2.19. The topological polar surface area (TPSA) is 70.4 Å². The first kappa shape index (κ1) is 11.8. The van der Waals surface area contributed by atoms with Crippen molar-refractivity contribution in [1.82, 2.24) is 4.98 Å². The van der Waals surface area contributed by atoms with Gasteiger partial charge in [0, 0.05) is 22.7 Å². The van der Waals surface area contributed by atoms with Gasteiger partial charge in [-0.15, -0.1) is 0 Å². The number of alkyl halides is 3. The number of hydrogen-bond acceptors (Lipinski definition) is 3. The molecule has 0 aromatic carbocycles. The Labute approximate surface area is 91.7 Å². The number of nitrogens with zero attached hydrogens (tertiary/aromatic N) is 1. The smallest absolute Gasteiger partial charge is 0.358 e. The lowest BCUT2D eigenvalue weighted by Crippen LogP contribution is -2.05. The van der Waals surface area contributed by atoms with Gasteiger partial charge in [0.1, 0.15) is 0 Å². The van der Waals surface area contributed by atoms with Crippen LogP contribution in [0.25, 0.3) is 0 Å². The van der Waals surface area contributed by atoms with E-state index in [9.17, 15) is 18.7 Å². The van der Waals surface area contributed by atoms with Crippen molar-refractivity contribution in [1.29, 1.82) is 0 Å². The van der Waals surface area contributed by atoms with E-state index < -0.39 is 29.4 Å². The maximum absolute atomic E-state index is 12.4. The summed E-state index contributed by atoms with van der Waals surface area (Å²) in [6.07, 6.45) is -2.05. The maximum atomic E-state index is 12.4. The van der Waals surface area contributed by atoms with Crippen LogP contribution in [-0.2, 0) is 5.33 Å². The summed E-state index contributed by atoms with van der Waals surface area (Å²) in [7, 11) is 0. The van der Waals surface area contributed by atoms with Gasteiger partial charge in [0.25, 0.3) is 6.43 Å². The predicted molar refractivity (Wildman–Crippen MR) is 50.4 cm³/mol. The van der Waals surface area contributed by atoms with Crippen molar-refractivity contribution in [2.24, 2.45) is 0 Å². The van der Waals surface area contributed by atoms with E-state index in [1.807, 2.05) is 0 Å². The Morgan fingerprint density at radius 3 is 2.60 bits per heavy atom. The number of carbonyl (C=O) groups is 1. The minimum absolute atomic E-state index is 0.0681. The molecule has 0 amide bonds. The van der Waals surface area contributed by atoms with Crippen LogP contribution in [0.1, 0.15) is 28.0 Å². The fraction of sp³-hybridized carbons (Fsp3) is 0.250. The zero-order chi connectivity index (χ0) is 11.6. The van der Waals surface area contributed by atoms with E-state index in [1.165, 1.54) is 0 Å². The van der Waals surface area contributed by atoms with Crippen LogP contribution in [-0.4, -0.2) is 21.2 Å². The van der Waals surface area contributed by atoms with E-state index in [0.717, 1.165) is 6.20 Å². The highest BCUT2D eigenvalue weighted by Crippen LogP contribution is 2.32. The molecule has 0 saturated carbocycles. The summed E-state index contributed by atoms with van der Waals surface area (Å²) in [6, 6.07) is 0. The number of aromatic carboxylic acids is 1. The lowest BCUT2D eigenvalue weighted by Gasteiger charge is -2.09. The standard InChI is InChI=1S/C8H6BrF2NO3/c9-1-3-4(7(10)11)2-12-5(6(3)13)8(14)15/h2,7,13H,1H2,(H,14,15). The highest BCUT2D eigenvalue weighted by Gasteiger charge is 2.22. The first-order valence-corrected chi connectivity index (χ1v) is 4.89. The molecule has 2 N–H and O–H groups in total. The van der Waals surface area contributed by atoms with Gasteiger partial charge in [0.2, 0.25) is 0 Å². The SMILES string of the molecule is O=C(O)c1ncc(C(F)F)c(CBr)c1O. The molecule has 0 saturated heterocycles. The predicted octanol–water partition coefficient (Wildman–Crippen LogP) is 2.32. The number of hydrogen-bond donors (Lipinski definition) is 2. The molecule has 1 heterocycles. The molecular weight excluding hydrogens is 276 g/mol. The highest BCUT2D eigenvalue weighted by atomic mass is 79.9. The Balaban J connectivity index is 3.39. The molecule has 15 heavy (non-hydrogen) atoms. The molecule has 0 fully saturated rings. The van der Waals surface area contributed by atoms with E-state index in [0.29, 0.717) is 0 Å². The third kappa shape index (κ3) is 2.23. The van der Waals surface area contributed by atoms with E-state index in [-0.39, 0.29) is 10.9 Å². The molecular formula is C8H6BrF2NO3. The number of rotatable bonds is 3. The molecule has 0 aliphatic rings. The van der Waals surface area contributed by atoms with Gasteiger partial charge >= 0.3 is 5.97 Å². The van der Waals surface area contributed by atoms with Crippen LogP contribution in [0.3, 0.4) is 0 Å². The van der Waals surface area contributed by atoms with Crippen LogP contribution in [0.15, 0.2) is 6.20 Å². The fourth-order valence-electron chi connectivity index (χ4n) is 1.04. The number of aromatic hydroxyl groups is 1. The van der Waals surface area contributed by atoms with Crippen molar-refractivity contribution < 1.29 is 23.8 Å². The zero-order valence-electron chi connectivity index (χ0n) is 7.25. The molecule has 82 valence electrons. The van der Waals surface area contributed by atoms with Crippen molar-refractivity contribution >= 4 is 21.9 Å². The Kier molecular flexibility index (Phi) is 3.57. The van der Waals surface area contributed by atoms with E-state index >= 15 is 0 Å². The largest absolute Gasteiger partial charge is 0.505 e. The number of aromatic nitrogens is 1. The lowest BCUT2D eigenvalue weighted by atomic mass is 10.1. The van der Waals surface area contributed by atoms with Crippen molar-refractivity contribution in [2.75, 3.05) is 0 Å². The number of carboxylic acids is 1. The van der Waals surface area contributed by atoms with Crippen LogP contribution in [0.2, 0.25) is 0 Å². The van der Waals surface area contributed by atoms with Crippen molar-refractivity contribution in [3.8, 4) is 5.75 Å². The summed E-state index contributed by atoms with van der Waals surface area (Å²) in [5, 5.41) is 17.9. The van der Waals surface area contributed by atoms with Crippen LogP contribution in [0.4, 0.5) is 8.78 Å². The summed E-state index contributed by atoms with van der Waals surface area (Å²) in [6.45, 7) is 0. The summed E-state index contributed by atoms with van der Waals surface area (Å²) in [4.78, 5) is 13.8. The van der Waals surface area contributed by atoms with Crippen LogP contribution >= 0.6 is 15.9 Å². The first-order chi connectivity index (χ1) is 6.99. The average Bonchev–Trinajstić information content (AvgIpc) is 2.16. The highest BCUT2D eigenvalue weighted by molar-refractivity contribution is 9.08. The van der Waals surface area contributed by atoms with Crippen LogP contribution < -0.4 is 0 Å². The molecule has 1 aromatic heterocycles. The Morgan fingerprint density at radius 2 is 2.20 bits per heavy atom. The summed E-state index contributed by atoms with van der Waals surface area (Å²) < 4.78 is 24.8. The minimum atomic E-state index is -2.81. The third-order valence-electron chi connectivity index (χ3n) is 1.76. The molecule has 0 atom stereocenters. The lowest BCUT2D eigenvalue weighted by molar-refractivity contribution is 0.0685. The number of halogens is 3. The summed E-state index contributed by atoms with van der Waals surface area (Å²) >= 11 is 2.90. The van der Waals surface area contributed by atoms with Gasteiger partial charge < -0.3 is 10.2 Å². The minimum Gasteiger partial charge on any atom is -0.505 e. The quantitative estimate of drug-likeness (QED) is 0.835. The van der Waals surface area contributed by atoms with Gasteiger partial charge in [0.15, 0.2) is 11.4 Å². The first-order valence-electron chi connectivity index (χ1n) is 3.77. The molecule has 4 nitrogen and oxygen atoms in total. The molecule has 1 rings (SSSR count). The van der Waals surface area contributed by atoms with Gasteiger partial charge in [-0.25, -0.2) is 18.6 Å². The molecule has 0 aliphatic carbocycles. The second-order valence-corrected chi connectivity index (χ2v) is 3.19. The van der Waals surface area contributed by atoms with Crippen LogP contribution in [0.5, 0.6) is 5.75 Å². The molecule has 7 heteroatoms. The van der Waals surface area contributed by atoms with Gasteiger partial charge in [-0.2, -0.15) is 0 Å². The van der Waals surface area contributed by atoms with Crippen molar-refractivity contribution in [2.45, 2.75) is 11.8 Å². The second kappa shape index (κ2) is 4.52. The van der Waals surface area contributed by atoms with Gasteiger partial charge in [0.05, 0.1) is 0 Å². The molecule has 0 aliphatic heterocycles. The number of pyridine rings is 1. The normalized spacial score (nSPS) is 10.7. The van der Waals surface area contributed by atoms with E-state index in [1.54, 1.807) is 0 Å². The Bertz CT molecular complexity index is 398. The number of carboxylic acid groups (broad SMARTS) is 1. The zero-order valence-corrected chi connectivity index (χ0v) is 8.83. The third-order valence-corrected chi connectivity index (χ3v) is 2.32. The molecule has 0 spiro atoms. The molecule has 0 bridgehead atoms. The van der Waals surface area contributed by atoms with E-state index in [4.69, 9.17) is 5.11 Å². The van der Waals surface area contributed by atoms with E-state index in [2.05, 4.69) is 20.9 Å². The van der Waals surface area contributed by atoms with Gasteiger partial charge in [-0.05, 0) is 0 Å². The Hall–Kier alpha value is -1.24. The monoisotopic (exact) mass is 281 g/mol. The van der Waals surface area contributed by atoms with Crippen molar-refractivity contribution in [3.05, 3.63) is 23.0 Å². The van der Waals surface area contributed by atoms with Crippen LogP contribution in [0, 0.1) is 0 Å².